The number of carboxylic acid groups (broad SMARTS) is 1. The van der Waals surface area contributed by atoms with Gasteiger partial charge < -0.3 is 33.7 Å². The Balaban J connectivity index is 1.43. The zero-order valence-corrected chi connectivity index (χ0v) is 30.3. The number of hydrogen-bond donors (Lipinski definition) is 1. The molecule has 1 N–H and O–H groups in total. The molecule has 2 atom stereocenters. The van der Waals surface area contributed by atoms with Crippen LogP contribution in [-0.4, -0.2) is 99.2 Å². The van der Waals surface area contributed by atoms with Gasteiger partial charge in [-0.3, -0.25) is 14.4 Å². The number of nitrogens with zero attached hydrogens (tertiary/aromatic N) is 5. The molecule has 19 heteroatoms. The van der Waals surface area contributed by atoms with Gasteiger partial charge in [0.2, 0.25) is 12.7 Å². The van der Waals surface area contributed by atoms with Crippen LogP contribution in [0.5, 0.6) is 0 Å². The average Bonchev–Trinajstić information content (AvgIpc) is 3.65. The number of amides is 1. The van der Waals surface area contributed by atoms with Gasteiger partial charge in [-0.15, -0.1) is 11.8 Å². The summed E-state index contributed by atoms with van der Waals surface area (Å²) in [7, 11) is 1.25. The number of halogens is 3. The van der Waals surface area contributed by atoms with Crippen LogP contribution in [0.15, 0.2) is 67.3 Å². The molecule has 1 saturated heterocycles. The first-order chi connectivity index (χ1) is 26.3. The molecule has 0 aliphatic carbocycles. The number of rotatable bonds is 17. The minimum Gasteiger partial charge on any atom is -0.480 e. The summed E-state index contributed by atoms with van der Waals surface area (Å²) in [6.07, 6.45) is 5.86. The van der Waals surface area contributed by atoms with E-state index in [4.69, 9.17) is 34.1 Å². The van der Waals surface area contributed by atoms with Crippen LogP contribution in [0.3, 0.4) is 0 Å². The number of carboxylic acids is 1. The maximum Gasteiger partial charge on any atom is 0.512 e. The Kier molecular flexibility index (Phi) is 15.4. The van der Waals surface area contributed by atoms with Gasteiger partial charge in [-0.2, -0.15) is 10.4 Å². The summed E-state index contributed by atoms with van der Waals surface area (Å²) < 4.78 is 72.5. The lowest BCUT2D eigenvalue weighted by Gasteiger charge is -2.40. The Hall–Kier alpha value is -5.71. The fourth-order valence-corrected chi connectivity index (χ4v) is 6.57. The third kappa shape index (κ3) is 12.4. The highest BCUT2D eigenvalue weighted by molar-refractivity contribution is 8.00. The molecule has 1 amide bonds. The first-order valence-corrected chi connectivity index (χ1v) is 17.4. The number of esters is 1. The highest BCUT2D eigenvalue weighted by atomic mass is 32.2. The molecule has 1 aliphatic rings. The molecule has 1 aliphatic heterocycles. The van der Waals surface area contributed by atoms with E-state index < -0.39 is 78.4 Å². The number of likely N-dealkylation sites (N-methyl/N-ethyl adjacent to an activating group) is 1. The number of allylic oxidation sites excluding steroid dienone is 2. The van der Waals surface area contributed by atoms with Gasteiger partial charge in [0.25, 0.3) is 0 Å². The van der Waals surface area contributed by atoms with Crippen molar-refractivity contribution in [1.82, 2.24) is 19.7 Å². The molecule has 2 aromatic carbocycles. The molecule has 292 valence electrons. The van der Waals surface area contributed by atoms with E-state index >= 15 is 4.39 Å². The van der Waals surface area contributed by atoms with Crippen molar-refractivity contribution in [1.29, 1.82) is 5.26 Å². The third-order valence-electron chi connectivity index (χ3n) is 7.98. The summed E-state index contributed by atoms with van der Waals surface area (Å²) in [5.74, 6) is -5.27. The minimum absolute atomic E-state index is 0.137. The van der Waals surface area contributed by atoms with Gasteiger partial charge >= 0.3 is 18.1 Å². The summed E-state index contributed by atoms with van der Waals surface area (Å²) in [5, 5.41) is 20.6. The number of ether oxygens (including phenoxy) is 5. The number of thioether (sulfide) groups is 1. The zero-order valence-electron chi connectivity index (χ0n) is 29.5. The predicted molar refractivity (Wildman–Crippen MR) is 187 cm³/mol. The summed E-state index contributed by atoms with van der Waals surface area (Å²) in [4.78, 5) is 53.0. The van der Waals surface area contributed by atoms with Crippen molar-refractivity contribution < 1.29 is 61.1 Å². The van der Waals surface area contributed by atoms with E-state index in [-0.39, 0.29) is 48.1 Å². The van der Waals surface area contributed by atoms with Crippen molar-refractivity contribution in [3.63, 3.8) is 0 Å². The summed E-state index contributed by atoms with van der Waals surface area (Å²) in [6.45, 7) is 0.0801. The second-order valence-electron chi connectivity index (χ2n) is 11.9. The number of carbonyl (C=O) groups excluding carboxylic acids is 3. The summed E-state index contributed by atoms with van der Waals surface area (Å²) in [6, 6.07) is 8.72. The number of benzene rings is 2. The predicted octanol–water partition coefficient (Wildman–Crippen LogP) is 4.57. The van der Waals surface area contributed by atoms with Gasteiger partial charge in [0.05, 0.1) is 43.1 Å². The van der Waals surface area contributed by atoms with E-state index in [0.29, 0.717) is 6.07 Å². The Morgan fingerprint density at radius 3 is 2.53 bits per heavy atom. The van der Waals surface area contributed by atoms with E-state index in [1.54, 1.807) is 25.2 Å². The molecular formula is C36H36F3N5O10S. The first-order valence-electron chi connectivity index (χ1n) is 16.5. The third-order valence-corrected chi connectivity index (χ3v) is 9.43. The van der Waals surface area contributed by atoms with E-state index in [0.717, 1.165) is 23.1 Å². The van der Waals surface area contributed by atoms with Crippen LogP contribution in [0.4, 0.5) is 18.0 Å². The molecule has 0 bridgehead atoms. The van der Waals surface area contributed by atoms with Crippen molar-refractivity contribution in [2.75, 3.05) is 33.6 Å². The number of hydrogen-bond acceptors (Lipinski definition) is 13. The van der Waals surface area contributed by atoms with Crippen LogP contribution in [0, 0.1) is 28.8 Å². The Labute approximate surface area is 317 Å². The van der Waals surface area contributed by atoms with Crippen LogP contribution in [0.25, 0.3) is 6.08 Å². The molecule has 0 saturated carbocycles. The number of aliphatic carboxylic acids is 1. The van der Waals surface area contributed by atoms with Gasteiger partial charge in [0, 0.05) is 35.9 Å². The normalized spacial score (nSPS) is 17.2. The second-order valence-corrected chi connectivity index (χ2v) is 13.6. The molecule has 4 rings (SSSR count). The summed E-state index contributed by atoms with van der Waals surface area (Å²) >= 11 is 1.21. The zero-order chi connectivity index (χ0) is 40.0. The van der Waals surface area contributed by atoms with Crippen molar-refractivity contribution in [3.8, 4) is 6.07 Å². The molecule has 1 fully saturated rings. The van der Waals surface area contributed by atoms with Crippen LogP contribution in [-0.2, 0) is 50.2 Å². The van der Waals surface area contributed by atoms with Gasteiger partial charge in [0.1, 0.15) is 36.7 Å². The maximum atomic E-state index is 15.6. The highest BCUT2D eigenvalue weighted by Crippen LogP contribution is 2.42. The second kappa shape index (κ2) is 20.1. The lowest BCUT2D eigenvalue weighted by atomic mass is 9.89. The average molecular weight is 788 g/mol. The van der Waals surface area contributed by atoms with Gasteiger partial charge in [0.15, 0.2) is 11.9 Å². The van der Waals surface area contributed by atoms with E-state index in [1.807, 2.05) is 6.07 Å². The largest absolute Gasteiger partial charge is 0.512 e. The Morgan fingerprint density at radius 1 is 1.11 bits per heavy atom. The molecule has 3 aromatic rings. The van der Waals surface area contributed by atoms with Crippen LogP contribution >= 0.6 is 11.8 Å². The topological polar surface area (TPSA) is 192 Å². The molecule has 1 aromatic heterocycles. The summed E-state index contributed by atoms with van der Waals surface area (Å²) in [5.41, 5.74) is -1.69. The maximum absolute atomic E-state index is 15.6. The smallest absolute Gasteiger partial charge is 0.480 e. The number of aromatic nitrogens is 3. The molecular weight excluding hydrogens is 751 g/mol. The molecule has 0 unspecified atom stereocenters. The molecule has 15 nitrogen and oxygen atoms in total. The lowest BCUT2D eigenvalue weighted by Crippen LogP contribution is -2.47. The first kappa shape index (κ1) is 42.0. The molecule has 55 heavy (non-hydrogen) atoms. The monoisotopic (exact) mass is 787 g/mol. The minimum atomic E-state index is -1.94. The standard InChI is InChI=1S/C36H36F3N5O10S/c1-23(55-27-17-50-34(51-18-27)6-4-3-5-25-8-7-24(15-40)13-29(25)38)36(19-44-21-41-20-42-44,28-10-9-26(37)14-30(28)39)54-35(49)53-22-52-33(48)12-11-31(45)43(2)16-32(46)47/h3-10,13-14,20-21,23,27,34H,11-12,16-19,22H2,1-2H3,(H,46,47)/b5-3+,6-4+/t23-,27?,34?,36-/m1/s1. The van der Waals surface area contributed by atoms with Crippen molar-refractivity contribution in [2.45, 2.75) is 48.7 Å². The Bertz CT molecular complexity index is 1920. The van der Waals surface area contributed by atoms with E-state index in [1.165, 1.54) is 54.4 Å². The van der Waals surface area contributed by atoms with Crippen molar-refractivity contribution >= 4 is 41.8 Å². The van der Waals surface area contributed by atoms with E-state index in [2.05, 4.69) is 10.1 Å². The van der Waals surface area contributed by atoms with Gasteiger partial charge in [-0.1, -0.05) is 24.3 Å². The SMILES string of the molecule is C[C@@H](SC1COC(/C=C/C=C/c2ccc(C#N)cc2F)OC1)[C@@](Cn1cncn1)(OC(=O)OCOC(=O)CCC(=O)N(C)CC(=O)O)c1ccc(F)cc1F. The number of carbonyl (C=O) groups is 4. The molecule has 0 radical (unpaired) electrons. The van der Waals surface area contributed by atoms with Gasteiger partial charge in [-0.25, -0.2) is 27.6 Å². The fraction of sp³-hybridized carbons (Fsp3) is 0.361. The van der Waals surface area contributed by atoms with Crippen LogP contribution in [0.1, 0.15) is 36.5 Å². The van der Waals surface area contributed by atoms with Crippen molar-refractivity contribution in [2.24, 2.45) is 0 Å². The highest BCUT2D eigenvalue weighted by Gasteiger charge is 2.47. The lowest BCUT2D eigenvalue weighted by molar-refractivity contribution is -0.156. The van der Waals surface area contributed by atoms with Crippen molar-refractivity contribution in [3.05, 3.63) is 101 Å². The molecule has 0 spiro atoms. The van der Waals surface area contributed by atoms with Gasteiger partial charge in [-0.05, 0) is 37.3 Å². The number of nitriles is 1. The van der Waals surface area contributed by atoms with Crippen LogP contribution in [0.2, 0.25) is 0 Å². The van der Waals surface area contributed by atoms with E-state index in [9.17, 15) is 28.0 Å². The quantitative estimate of drug-likeness (QED) is 0.114. The Morgan fingerprint density at radius 2 is 1.87 bits per heavy atom. The van der Waals surface area contributed by atoms with Crippen LogP contribution < -0.4 is 0 Å². The molecule has 2 heterocycles. The fourth-order valence-electron chi connectivity index (χ4n) is 5.21.